The summed E-state index contributed by atoms with van der Waals surface area (Å²) in [7, 11) is 0. The van der Waals surface area contributed by atoms with Crippen LogP contribution in [0.2, 0.25) is 0 Å². The maximum atomic E-state index is 15.1. The van der Waals surface area contributed by atoms with Crippen LogP contribution in [0.25, 0.3) is 0 Å². The summed E-state index contributed by atoms with van der Waals surface area (Å²) < 4.78 is 21.7. The molecule has 0 radical (unpaired) electrons. The van der Waals surface area contributed by atoms with Crippen LogP contribution in [0, 0.1) is 5.82 Å². The lowest BCUT2D eigenvalue weighted by Crippen LogP contribution is -2.35. The van der Waals surface area contributed by atoms with E-state index in [9.17, 15) is 4.79 Å². The normalized spacial score (nSPS) is 18.6. The van der Waals surface area contributed by atoms with Gasteiger partial charge in [0, 0.05) is 25.2 Å². The number of aromatic amines is 1. The van der Waals surface area contributed by atoms with Crippen molar-refractivity contribution in [2.75, 3.05) is 31.1 Å². The topological polar surface area (TPSA) is 118 Å². The number of carbonyl (C=O) groups is 1. The summed E-state index contributed by atoms with van der Waals surface area (Å²) in [6.07, 6.45) is 3.74. The fourth-order valence-corrected chi connectivity index (χ4v) is 4.11. The van der Waals surface area contributed by atoms with Crippen LogP contribution < -0.4 is 4.90 Å². The van der Waals surface area contributed by atoms with Crippen molar-refractivity contribution < 1.29 is 13.9 Å². The molecule has 5 rings (SSSR count). The number of ether oxygens (including phenoxy) is 1. The number of H-pyrrole nitrogens is 1. The lowest BCUT2D eigenvalue weighted by molar-refractivity contribution is 0.139. The maximum Gasteiger partial charge on any atom is 0.411 e. The Morgan fingerprint density at radius 1 is 1.23 bits per heavy atom. The number of hydrogen-bond donors (Lipinski definition) is 1. The first-order chi connectivity index (χ1) is 14.7. The fraction of sp³-hybridized carbons (Fsp3) is 0.444. The number of anilines is 1. The highest BCUT2D eigenvalue weighted by Crippen LogP contribution is 2.32. The Kier molecular flexibility index (Phi) is 4.73. The Bertz CT molecular complexity index is 1000. The number of amides is 1. The number of aromatic nitrogens is 7. The Hall–Kier alpha value is -3.57. The van der Waals surface area contributed by atoms with Gasteiger partial charge in [0.2, 0.25) is 0 Å². The minimum atomic E-state index is -0.616. The molecule has 1 unspecified atom stereocenters. The summed E-state index contributed by atoms with van der Waals surface area (Å²) in [5.74, 6) is 0.585. The molecule has 0 bridgehead atoms. The van der Waals surface area contributed by atoms with Gasteiger partial charge in [-0.15, -0.1) is 15.3 Å². The average Bonchev–Trinajstić information content (AvgIpc) is 3.53. The van der Waals surface area contributed by atoms with Crippen LogP contribution in [-0.4, -0.2) is 72.9 Å². The number of hydrogen-bond acceptors (Lipinski definition) is 8. The van der Waals surface area contributed by atoms with Crippen molar-refractivity contribution in [3.8, 4) is 0 Å². The van der Waals surface area contributed by atoms with Crippen molar-refractivity contribution in [2.45, 2.75) is 24.9 Å². The third kappa shape index (κ3) is 3.33. The molecule has 1 atom stereocenters. The van der Waals surface area contributed by atoms with E-state index in [2.05, 4.69) is 30.9 Å². The molecule has 3 aromatic rings. The zero-order chi connectivity index (χ0) is 20.5. The van der Waals surface area contributed by atoms with Gasteiger partial charge >= 0.3 is 6.09 Å². The van der Waals surface area contributed by atoms with Crippen LogP contribution in [0.5, 0.6) is 0 Å². The maximum absolute atomic E-state index is 15.1. The van der Waals surface area contributed by atoms with Crippen molar-refractivity contribution >= 4 is 11.8 Å². The molecule has 2 aromatic heterocycles. The zero-order valence-corrected chi connectivity index (χ0v) is 16.1. The van der Waals surface area contributed by atoms with Crippen LogP contribution in [0.1, 0.15) is 36.3 Å². The summed E-state index contributed by atoms with van der Waals surface area (Å²) in [6.45, 7) is 2.08. The Labute approximate surface area is 170 Å². The number of cyclic esters (lactones) is 1. The molecule has 1 N–H and O–H groups in total. The Balaban J connectivity index is 1.37. The average molecular weight is 413 g/mol. The van der Waals surface area contributed by atoms with Crippen LogP contribution in [0.4, 0.5) is 14.9 Å². The molecule has 12 heteroatoms. The van der Waals surface area contributed by atoms with E-state index < -0.39 is 12.3 Å². The minimum absolute atomic E-state index is 0.222. The Morgan fingerprint density at radius 3 is 2.73 bits per heavy atom. The van der Waals surface area contributed by atoms with Gasteiger partial charge in [-0.25, -0.2) is 13.9 Å². The molecule has 11 nitrogen and oxygen atoms in total. The minimum Gasteiger partial charge on any atom is -0.447 e. The van der Waals surface area contributed by atoms with Crippen molar-refractivity contribution in [3.05, 3.63) is 47.8 Å². The number of carbonyl (C=O) groups excluding carboxylic acids is 1. The molecule has 2 aliphatic heterocycles. The van der Waals surface area contributed by atoms with E-state index in [0.717, 1.165) is 12.8 Å². The Morgan fingerprint density at radius 2 is 2.10 bits per heavy atom. The number of tetrazole rings is 1. The van der Waals surface area contributed by atoms with Gasteiger partial charge < -0.3 is 9.64 Å². The predicted octanol–water partition coefficient (Wildman–Crippen LogP) is 1.31. The summed E-state index contributed by atoms with van der Waals surface area (Å²) in [5, 5.41) is 22.0. The molecule has 0 aliphatic carbocycles. The first-order valence-corrected chi connectivity index (χ1v) is 9.77. The fourth-order valence-electron chi connectivity index (χ4n) is 4.11. The van der Waals surface area contributed by atoms with Crippen molar-refractivity contribution in [2.24, 2.45) is 0 Å². The summed E-state index contributed by atoms with van der Waals surface area (Å²) in [5.41, 5.74) is 1.13. The van der Waals surface area contributed by atoms with Crippen LogP contribution >= 0.6 is 0 Å². The lowest BCUT2D eigenvalue weighted by atomic mass is 9.95. The SMILES string of the molecule is O=C1OCCN1C(c1ccc(N2CCC(c3nn[nH]n3)CC2)c(F)c1)n1ccnn1. The van der Waals surface area contributed by atoms with E-state index in [1.807, 2.05) is 11.0 Å². The van der Waals surface area contributed by atoms with Gasteiger partial charge in [-0.3, -0.25) is 4.90 Å². The molecule has 2 fully saturated rings. The highest BCUT2D eigenvalue weighted by molar-refractivity contribution is 5.70. The van der Waals surface area contributed by atoms with Gasteiger partial charge in [0.25, 0.3) is 0 Å². The van der Waals surface area contributed by atoms with Gasteiger partial charge in [0.1, 0.15) is 12.4 Å². The molecule has 0 saturated carbocycles. The van der Waals surface area contributed by atoms with Gasteiger partial charge in [-0.05, 0) is 30.5 Å². The molecular weight excluding hydrogens is 393 g/mol. The number of nitrogens with one attached hydrogen (secondary N) is 1. The van der Waals surface area contributed by atoms with Gasteiger partial charge in [-0.2, -0.15) is 5.21 Å². The molecule has 30 heavy (non-hydrogen) atoms. The monoisotopic (exact) mass is 413 g/mol. The van der Waals surface area contributed by atoms with E-state index in [0.29, 0.717) is 43.3 Å². The molecule has 156 valence electrons. The second kappa shape index (κ2) is 7.69. The first-order valence-electron chi connectivity index (χ1n) is 9.77. The van der Waals surface area contributed by atoms with Crippen LogP contribution in [0.3, 0.4) is 0 Å². The van der Waals surface area contributed by atoms with E-state index in [-0.39, 0.29) is 11.7 Å². The standard InChI is InChI=1S/C18H20FN9O2/c19-14-11-13(17(28-8-5-20-25-28)27-9-10-30-18(27)29)1-2-15(14)26-6-3-12(4-7-26)16-21-23-24-22-16/h1-2,5,8,11-12,17H,3-4,6-7,9-10H2,(H,21,22,23,24). The third-order valence-corrected chi connectivity index (χ3v) is 5.61. The number of benzene rings is 1. The summed E-state index contributed by atoms with van der Waals surface area (Å²) >= 11 is 0. The van der Waals surface area contributed by atoms with E-state index in [4.69, 9.17) is 4.74 Å². The number of halogens is 1. The quantitative estimate of drug-likeness (QED) is 0.665. The number of nitrogens with zero attached hydrogens (tertiary/aromatic N) is 8. The number of rotatable bonds is 5. The largest absolute Gasteiger partial charge is 0.447 e. The second-order valence-electron chi connectivity index (χ2n) is 7.31. The summed E-state index contributed by atoms with van der Waals surface area (Å²) in [4.78, 5) is 15.7. The molecule has 2 saturated heterocycles. The van der Waals surface area contributed by atoms with Crippen molar-refractivity contribution in [1.29, 1.82) is 0 Å². The number of piperidine rings is 1. The molecule has 1 amide bonds. The van der Waals surface area contributed by atoms with Crippen molar-refractivity contribution in [1.82, 2.24) is 40.5 Å². The molecule has 0 spiro atoms. The lowest BCUT2D eigenvalue weighted by Gasteiger charge is -2.33. The zero-order valence-electron chi connectivity index (χ0n) is 16.1. The van der Waals surface area contributed by atoms with E-state index in [1.54, 1.807) is 12.3 Å². The second-order valence-corrected chi connectivity index (χ2v) is 7.31. The highest BCUT2D eigenvalue weighted by Gasteiger charge is 2.33. The van der Waals surface area contributed by atoms with E-state index in [1.165, 1.54) is 21.8 Å². The van der Waals surface area contributed by atoms with Crippen molar-refractivity contribution in [3.63, 3.8) is 0 Å². The van der Waals surface area contributed by atoms with Gasteiger partial charge in [0.05, 0.1) is 18.4 Å². The van der Waals surface area contributed by atoms with Crippen LogP contribution in [0.15, 0.2) is 30.6 Å². The van der Waals surface area contributed by atoms with Gasteiger partial charge in [0.15, 0.2) is 12.0 Å². The highest BCUT2D eigenvalue weighted by atomic mass is 19.1. The van der Waals surface area contributed by atoms with E-state index >= 15 is 4.39 Å². The third-order valence-electron chi connectivity index (χ3n) is 5.61. The summed E-state index contributed by atoms with van der Waals surface area (Å²) in [6, 6.07) is 5.03. The first kappa shape index (κ1) is 18.5. The van der Waals surface area contributed by atoms with Crippen LogP contribution in [-0.2, 0) is 4.74 Å². The molecular formula is C18H20FN9O2. The molecule has 4 heterocycles. The molecule has 1 aromatic carbocycles. The van der Waals surface area contributed by atoms with Gasteiger partial charge in [-0.1, -0.05) is 16.5 Å². The molecule has 2 aliphatic rings. The smallest absolute Gasteiger partial charge is 0.411 e. The predicted molar refractivity (Wildman–Crippen MR) is 101 cm³/mol.